The van der Waals surface area contributed by atoms with Crippen LogP contribution in [-0.2, 0) is 10.2 Å². The van der Waals surface area contributed by atoms with Crippen LogP contribution in [0.5, 0.6) is 0 Å². The number of fused-ring (bicyclic) bond motifs is 3. The van der Waals surface area contributed by atoms with Crippen LogP contribution in [0.4, 0.5) is 5.13 Å². The van der Waals surface area contributed by atoms with Crippen LogP contribution in [0.2, 0.25) is 0 Å². The van der Waals surface area contributed by atoms with Gasteiger partial charge in [0, 0.05) is 14.1 Å². The van der Waals surface area contributed by atoms with Crippen molar-refractivity contribution in [2.45, 2.75) is 4.34 Å². The van der Waals surface area contributed by atoms with Crippen LogP contribution < -0.4 is 4.72 Å². The first kappa shape index (κ1) is 15.0. The number of aromatic nitrogens is 2. The predicted molar refractivity (Wildman–Crippen MR) is 90.8 cm³/mol. The number of nitrogens with zero attached hydrogens (tertiary/aromatic N) is 3. The van der Waals surface area contributed by atoms with Crippen molar-refractivity contribution in [3.63, 3.8) is 0 Å². The molecule has 0 saturated carbocycles. The molecule has 2 heterocycles. The fourth-order valence-electron chi connectivity index (χ4n) is 1.69. The zero-order chi connectivity index (χ0) is 15.2. The second-order valence-electron chi connectivity index (χ2n) is 4.35. The summed E-state index contributed by atoms with van der Waals surface area (Å²) in [5.74, 6) is 0. The number of hydrogen-bond acceptors (Lipinski definition) is 7. The molecular weight excluding hydrogens is 348 g/mol. The van der Waals surface area contributed by atoms with Gasteiger partial charge in [-0.3, -0.25) is 0 Å². The monoisotopic (exact) mass is 360 g/mol. The molecule has 3 rings (SSSR count). The molecule has 112 valence electrons. The SMILES string of the molecule is CSc1nc2ccc3nc(NS(=O)(=O)N(C)C)sc3c2s1. The molecule has 0 aliphatic carbocycles. The third kappa shape index (κ3) is 2.73. The molecular formula is C11H12N4O2S4. The second kappa shape index (κ2) is 5.36. The van der Waals surface area contributed by atoms with Gasteiger partial charge in [0.25, 0.3) is 0 Å². The van der Waals surface area contributed by atoms with Crippen LogP contribution >= 0.6 is 34.4 Å². The van der Waals surface area contributed by atoms with Gasteiger partial charge < -0.3 is 0 Å². The van der Waals surface area contributed by atoms with Gasteiger partial charge in [0.15, 0.2) is 9.47 Å². The lowest BCUT2D eigenvalue weighted by Gasteiger charge is -2.10. The molecule has 0 aliphatic rings. The number of rotatable bonds is 4. The fourth-order valence-corrected chi connectivity index (χ4v) is 5.13. The number of thiazole rings is 2. The minimum atomic E-state index is -3.54. The molecule has 0 fully saturated rings. The smallest absolute Gasteiger partial charge is 0.246 e. The third-order valence-corrected chi connectivity index (χ3v) is 7.51. The molecule has 21 heavy (non-hydrogen) atoms. The Balaban J connectivity index is 2.11. The van der Waals surface area contributed by atoms with Crippen molar-refractivity contribution >= 4 is 70.2 Å². The van der Waals surface area contributed by atoms with Gasteiger partial charge in [0.05, 0.1) is 20.4 Å². The molecule has 10 heteroatoms. The van der Waals surface area contributed by atoms with Gasteiger partial charge in [-0.1, -0.05) is 23.1 Å². The summed E-state index contributed by atoms with van der Waals surface area (Å²) in [6, 6.07) is 3.78. The zero-order valence-corrected chi connectivity index (χ0v) is 14.7. The Labute approximate surface area is 134 Å². The summed E-state index contributed by atoms with van der Waals surface area (Å²) in [6.07, 6.45) is 1.98. The summed E-state index contributed by atoms with van der Waals surface area (Å²) < 4.78 is 30.3. The van der Waals surface area contributed by atoms with E-state index in [1.54, 1.807) is 23.1 Å². The van der Waals surface area contributed by atoms with E-state index >= 15 is 0 Å². The van der Waals surface area contributed by atoms with E-state index in [1.807, 2.05) is 18.4 Å². The van der Waals surface area contributed by atoms with E-state index in [4.69, 9.17) is 0 Å². The Bertz CT molecular complexity index is 913. The zero-order valence-electron chi connectivity index (χ0n) is 11.4. The molecule has 0 amide bonds. The second-order valence-corrected chi connectivity index (χ2v) is 9.29. The Kier molecular flexibility index (Phi) is 3.82. The van der Waals surface area contributed by atoms with Gasteiger partial charge in [0.2, 0.25) is 0 Å². The third-order valence-electron chi connectivity index (χ3n) is 2.76. The van der Waals surface area contributed by atoms with Gasteiger partial charge in [-0.25, -0.2) is 14.7 Å². The summed E-state index contributed by atoms with van der Waals surface area (Å²) in [5.41, 5.74) is 1.70. The molecule has 0 spiro atoms. The van der Waals surface area contributed by atoms with Crippen LogP contribution in [0.25, 0.3) is 20.4 Å². The van der Waals surface area contributed by atoms with Crippen LogP contribution in [0.1, 0.15) is 0 Å². The highest BCUT2D eigenvalue weighted by Crippen LogP contribution is 2.38. The van der Waals surface area contributed by atoms with Crippen molar-refractivity contribution in [1.29, 1.82) is 0 Å². The summed E-state index contributed by atoms with van der Waals surface area (Å²) in [7, 11) is -0.589. The highest BCUT2D eigenvalue weighted by molar-refractivity contribution is 8.00. The number of nitrogens with one attached hydrogen (secondary N) is 1. The maximum Gasteiger partial charge on any atom is 0.302 e. The maximum atomic E-state index is 11.9. The maximum absolute atomic E-state index is 11.9. The van der Waals surface area contributed by atoms with Crippen molar-refractivity contribution < 1.29 is 8.42 Å². The molecule has 0 unspecified atom stereocenters. The van der Waals surface area contributed by atoms with Gasteiger partial charge in [-0.2, -0.15) is 12.7 Å². The van der Waals surface area contributed by atoms with Crippen LogP contribution in [0, 0.1) is 0 Å². The predicted octanol–water partition coefficient (Wildman–Crippen LogP) is 2.85. The van der Waals surface area contributed by atoms with Gasteiger partial charge >= 0.3 is 10.2 Å². The molecule has 1 N–H and O–H groups in total. The van der Waals surface area contributed by atoms with Crippen molar-refractivity contribution in [2.75, 3.05) is 25.1 Å². The van der Waals surface area contributed by atoms with E-state index in [0.29, 0.717) is 5.13 Å². The summed E-state index contributed by atoms with van der Waals surface area (Å²) in [5, 5.41) is 0.366. The summed E-state index contributed by atoms with van der Waals surface area (Å²) >= 11 is 4.52. The molecule has 3 aromatic rings. The molecule has 6 nitrogen and oxygen atoms in total. The topological polar surface area (TPSA) is 75.2 Å². The standard InChI is InChI=1S/C11H12N4O2S4/c1-15(2)21(16,17)14-10-12-6-4-5-7-9(8(6)19-10)20-11(13-7)18-3/h4-5H,1-3H3,(H,12,14). The molecule has 0 aliphatic heterocycles. The van der Waals surface area contributed by atoms with E-state index in [2.05, 4.69) is 14.7 Å². The molecule has 1 aromatic carbocycles. The van der Waals surface area contributed by atoms with Crippen LogP contribution in [0.15, 0.2) is 16.5 Å². The van der Waals surface area contributed by atoms with E-state index in [1.165, 1.54) is 25.4 Å². The Hall–Kier alpha value is -0.940. The van der Waals surface area contributed by atoms with E-state index in [0.717, 1.165) is 29.1 Å². The minimum Gasteiger partial charge on any atom is -0.246 e. The summed E-state index contributed by atoms with van der Waals surface area (Å²) in [6.45, 7) is 0. The molecule has 0 saturated heterocycles. The average Bonchev–Trinajstić information content (AvgIpc) is 2.99. The Morgan fingerprint density at radius 3 is 2.38 bits per heavy atom. The first-order valence-electron chi connectivity index (χ1n) is 5.85. The average molecular weight is 361 g/mol. The number of thioether (sulfide) groups is 1. The Morgan fingerprint density at radius 2 is 1.76 bits per heavy atom. The highest BCUT2D eigenvalue weighted by atomic mass is 32.2. The normalized spacial score (nSPS) is 12.6. The van der Waals surface area contributed by atoms with Crippen molar-refractivity contribution in [1.82, 2.24) is 14.3 Å². The van der Waals surface area contributed by atoms with Crippen molar-refractivity contribution in [3.8, 4) is 0 Å². The van der Waals surface area contributed by atoms with Gasteiger partial charge in [-0.05, 0) is 18.4 Å². The number of benzene rings is 1. The number of anilines is 1. The molecule has 0 radical (unpaired) electrons. The number of hydrogen-bond donors (Lipinski definition) is 1. The molecule has 2 aromatic heterocycles. The minimum absolute atomic E-state index is 0.366. The van der Waals surface area contributed by atoms with Crippen LogP contribution in [-0.4, -0.2) is 43.0 Å². The lowest BCUT2D eigenvalue weighted by molar-refractivity contribution is 0.527. The first-order valence-corrected chi connectivity index (χ1v) is 10.1. The van der Waals surface area contributed by atoms with Gasteiger partial charge in [0.1, 0.15) is 0 Å². The quantitative estimate of drug-likeness (QED) is 0.724. The lowest BCUT2D eigenvalue weighted by Crippen LogP contribution is -2.28. The van der Waals surface area contributed by atoms with E-state index in [9.17, 15) is 8.42 Å². The highest BCUT2D eigenvalue weighted by Gasteiger charge is 2.17. The van der Waals surface area contributed by atoms with Crippen LogP contribution in [0.3, 0.4) is 0 Å². The summed E-state index contributed by atoms with van der Waals surface area (Å²) in [4.78, 5) is 8.85. The molecule has 0 bridgehead atoms. The van der Waals surface area contributed by atoms with Crippen molar-refractivity contribution in [3.05, 3.63) is 12.1 Å². The van der Waals surface area contributed by atoms with E-state index < -0.39 is 10.2 Å². The lowest BCUT2D eigenvalue weighted by atomic mass is 10.3. The van der Waals surface area contributed by atoms with Gasteiger partial charge in [-0.15, -0.1) is 11.3 Å². The van der Waals surface area contributed by atoms with E-state index in [-0.39, 0.29) is 0 Å². The van der Waals surface area contributed by atoms with Crippen molar-refractivity contribution in [2.24, 2.45) is 0 Å². The molecule has 0 atom stereocenters. The largest absolute Gasteiger partial charge is 0.302 e. The Morgan fingerprint density at radius 1 is 1.14 bits per heavy atom. The first-order chi connectivity index (χ1) is 9.90. The fraction of sp³-hybridized carbons (Fsp3) is 0.273.